The molecule has 1 aliphatic carbocycles. The van der Waals surface area contributed by atoms with E-state index in [0.29, 0.717) is 9.87 Å². The lowest BCUT2D eigenvalue weighted by Gasteiger charge is -2.22. The number of pyridine rings is 1. The van der Waals surface area contributed by atoms with E-state index < -0.39 is 40.8 Å². The molecule has 192 valence electrons. The van der Waals surface area contributed by atoms with Crippen molar-refractivity contribution in [2.75, 3.05) is 18.0 Å². The van der Waals surface area contributed by atoms with Gasteiger partial charge < -0.3 is 18.9 Å². The van der Waals surface area contributed by atoms with Gasteiger partial charge in [-0.25, -0.2) is 9.37 Å². The van der Waals surface area contributed by atoms with Gasteiger partial charge in [-0.05, 0) is 54.5 Å². The summed E-state index contributed by atoms with van der Waals surface area (Å²) in [5.41, 5.74) is -0.630. The van der Waals surface area contributed by atoms with Crippen molar-refractivity contribution in [3.05, 3.63) is 53.0 Å². The first-order valence-electron chi connectivity index (χ1n) is 10.8. The molecule has 1 N–H and O–H groups in total. The fourth-order valence-corrected chi connectivity index (χ4v) is 3.85. The molecule has 35 heavy (non-hydrogen) atoms. The van der Waals surface area contributed by atoms with Crippen molar-refractivity contribution in [1.29, 1.82) is 0 Å². The van der Waals surface area contributed by atoms with Gasteiger partial charge in [0.1, 0.15) is 11.5 Å². The zero-order valence-electron chi connectivity index (χ0n) is 19.6. The number of amides is 1. The lowest BCUT2D eigenvalue weighted by Crippen LogP contribution is -2.28. The summed E-state index contributed by atoms with van der Waals surface area (Å²) in [6.45, 7) is 5.67. The van der Waals surface area contributed by atoms with Crippen LogP contribution in [0.25, 0.3) is 0 Å². The Bertz CT molecular complexity index is 1130. The highest BCUT2D eigenvalue weighted by Crippen LogP contribution is 2.51. The van der Waals surface area contributed by atoms with Gasteiger partial charge in [-0.1, -0.05) is 19.9 Å². The molecule has 3 unspecified atom stereocenters. The van der Waals surface area contributed by atoms with Gasteiger partial charge in [0.05, 0.1) is 18.2 Å². The van der Waals surface area contributed by atoms with Crippen LogP contribution in [0.1, 0.15) is 49.9 Å². The van der Waals surface area contributed by atoms with Crippen molar-refractivity contribution in [1.82, 2.24) is 10.3 Å². The van der Waals surface area contributed by atoms with Crippen LogP contribution in [0.3, 0.4) is 0 Å². The first-order chi connectivity index (χ1) is 16.2. The van der Waals surface area contributed by atoms with Crippen molar-refractivity contribution in [2.24, 2.45) is 11.3 Å². The summed E-state index contributed by atoms with van der Waals surface area (Å²) in [5.74, 6) is -2.14. The van der Waals surface area contributed by atoms with E-state index in [9.17, 15) is 31.1 Å². The molecule has 0 aliphatic heterocycles. The topological polar surface area (TPSA) is 94.6 Å². The third kappa shape index (κ3) is 6.49. The van der Waals surface area contributed by atoms with Gasteiger partial charge in [-0.15, -0.1) is 0 Å². The molecule has 1 aliphatic rings. The standard InChI is InChI=1S/C23H27F4N3O4S/c1-13(14-5-7-18(17(24)9-14)30(4)35(32)33)20(31)28-11-15-6-8-19(23(25,26)27)29-21(15)34-12-16-10-22(16,2)3/h5-9,13,16H,10-12H2,1-4H3,(H,28,31)(H,32,33)/p-1. The molecule has 1 aromatic heterocycles. The van der Waals surface area contributed by atoms with Gasteiger partial charge in [0.15, 0.2) is 0 Å². The highest BCUT2D eigenvalue weighted by Gasteiger charge is 2.46. The summed E-state index contributed by atoms with van der Waals surface area (Å²) in [4.78, 5) is 16.3. The van der Waals surface area contributed by atoms with Crippen LogP contribution in [0.15, 0.2) is 30.3 Å². The van der Waals surface area contributed by atoms with Gasteiger partial charge in [0.2, 0.25) is 11.8 Å². The van der Waals surface area contributed by atoms with E-state index >= 15 is 0 Å². The number of rotatable bonds is 9. The SMILES string of the molecule is CC(C(=O)NCc1ccc(C(F)(F)F)nc1OCC1CC1(C)C)c1ccc(N(C)S(=O)[O-])c(F)c1. The average Bonchev–Trinajstić information content (AvgIpc) is 3.40. The molecule has 0 bridgehead atoms. The fourth-order valence-electron chi connectivity index (χ4n) is 3.54. The molecule has 1 amide bonds. The van der Waals surface area contributed by atoms with E-state index in [-0.39, 0.29) is 41.6 Å². The second kappa shape index (κ2) is 10.1. The van der Waals surface area contributed by atoms with Gasteiger partial charge in [0.25, 0.3) is 0 Å². The number of hydrogen-bond donors (Lipinski definition) is 1. The quantitative estimate of drug-likeness (QED) is 0.396. The van der Waals surface area contributed by atoms with Crippen molar-refractivity contribution >= 4 is 22.9 Å². The van der Waals surface area contributed by atoms with E-state index in [1.54, 1.807) is 0 Å². The van der Waals surface area contributed by atoms with E-state index in [2.05, 4.69) is 10.3 Å². The summed E-state index contributed by atoms with van der Waals surface area (Å²) in [6.07, 6.45) is -3.75. The fraction of sp³-hybridized carbons (Fsp3) is 0.478. The predicted molar refractivity (Wildman–Crippen MR) is 121 cm³/mol. The molecule has 3 atom stereocenters. The van der Waals surface area contributed by atoms with Crippen molar-refractivity contribution < 1.29 is 35.9 Å². The third-order valence-corrected chi connectivity index (χ3v) is 6.89. The Morgan fingerprint density at radius 2 is 2.00 bits per heavy atom. The van der Waals surface area contributed by atoms with Crippen LogP contribution in [0.4, 0.5) is 23.2 Å². The number of nitrogens with one attached hydrogen (secondary N) is 1. The Morgan fingerprint density at radius 3 is 2.54 bits per heavy atom. The molecular weight excluding hydrogens is 490 g/mol. The molecule has 7 nitrogen and oxygen atoms in total. The molecule has 0 spiro atoms. The Hall–Kier alpha value is -2.73. The number of anilines is 1. The summed E-state index contributed by atoms with van der Waals surface area (Å²) >= 11 is -2.66. The normalized spacial score (nSPS) is 18.5. The number of halogens is 4. The van der Waals surface area contributed by atoms with Crippen LogP contribution < -0.4 is 14.4 Å². The maximum absolute atomic E-state index is 14.4. The van der Waals surface area contributed by atoms with Gasteiger partial charge in [-0.2, -0.15) is 13.2 Å². The van der Waals surface area contributed by atoms with E-state index in [1.165, 1.54) is 32.2 Å². The number of aromatic nitrogens is 1. The number of benzene rings is 1. The van der Waals surface area contributed by atoms with E-state index in [4.69, 9.17) is 4.74 Å². The maximum atomic E-state index is 14.4. The predicted octanol–water partition coefficient (Wildman–Crippen LogP) is 4.31. The van der Waals surface area contributed by atoms with Gasteiger partial charge in [-0.3, -0.25) is 9.00 Å². The zero-order chi connectivity index (χ0) is 26.1. The molecule has 1 heterocycles. The Balaban J connectivity index is 1.71. The minimum absolute atomic E-state index is 0.0633. The molecule has 12 heteroatoms. The number of carbonyl (C=O) groups excluding carboxylic acids is 1. The van der Waals surface area contributed by atoms with Crippen LogP contribution in [-0.2, 0) is 28.8 Å². The van der Waals surface area contributed by atoms with Gasteiger partial charge >= 0.3 is 6.18 Å². The molecule has 2 aromatic rings. The van der Waals surface area contributed by atoms with Crippen molar-refractivity contribution in [2.45, 2.75) is 45.8 Å². The molecule has 0 saturated heterocycles. The molecule has 1 fully saturated rings. The zero-order valence-corrected chi connectivity index (χ0v) is 20.4. The minimum atomic E-state index is -4.64. The molecular formula is C23H26F4N3O4S-. The first kappa shape index (κ1) is 26.9. The van der Waals surface area contributed by atoms with E-state index in [0.717, 1.165) is 18.6 Å². The second-order valence-corrected chi connectivity index (χ2v) is 10.2. The summed E-state index contributed by atoms with van der Waals surface area (Å²) < 4.78 is 82.2. The number of alkyl halides is 3. The summed E-state index contributed by atoms with van der Waals surface area (Å²) in [6, 6.07) is 5.77. The smallest absolute Gasteiger partial charge is 0.433 e. The highest BCUT2D eigenvalue weighted by molar-refractivity contribution is 7.80. The Labute approximate surface area is 203 Å². The molecule has 1 saturated carbocycles. The molecule has 3 rings (SSSR count). The van der Waals surface area contributed by atoms with Crippen LogP contribution in [-0.4, -0.2) is 33.3 Å². The maximum Gasteiger partial charge on any atom is 0.433 e. The van der Waals surface area contributed by atoms with Crippen LogP contribution in [0.5, 0.6) is 5.88 Å². The summed E-state index contributed by atoms with van der Waals surface area (Å²) in [5, 5.41) is 2.62. The number of carbonyl (C=O) groups is 1. The van der Waals surface area contributed by atoms with Crippen molar-refractivity contribution in [3.63, 3.8) is 0 Å². The van der Waals surface area contributed by atoms with Crippen LogP contribution in [0, 0.1) is 17.2 Å². The average molecular weight is 517 g/mol. The Morgan fingerprint density at radius 1 is 1.34 bits per heavy atom. The second-order valence-electron chi connectivity index (χ2n) is 9.22. The van der Waals surface area contributed by atoms with Crippen LogP contribution in [0.2, 0.25) is 0 Å². The summed E-state index contributed by atoms with van der Waals surface area (Å²) in [7, 11) is 1.18. The lowest BCUT2D eigenvalue weighted by atomic mass is 9.99. The van der Waals surface area contributed by atoms with Crippen LogP contribution >= 0.6 is 0 Å². The minimum Gasteiger partial charge on any atom is -0.755 e. The monoisotopic (exact) mass is 516 g/mol. The third-order valence-electron chi connectivity index (χ3n) is 6.25. The first-order valence-corrected chi connectivity index (χ1v) is 11.8. The molecule has 0 radical (unpaired) electrons. The highest BCUT2D eigenvalue weighted by atomic mass is 32.2. The number of nitrogens with zero attached hydrogens (tertiary/aromatic N) is 2. The largest absolute Gasteiger partial charge is 0.755 e. The Kier molecular flexibility index (Phi) is 7.75. The van der Waals surface area contributed by atoms with Gasteiger partial charge in [0, 0.05) is 30.4 Å². The van der Waals surface area contributed by atoms with Crippen molar-refractivity contribution in [3.8, 4) is 5.88 Å². The molecule has 1 aromatic carbocycles. The lowest BCUT2D eigenvalue weighted by molar-refractivity contribution is -0.141. The number of hydrogen-bond acceptors (Lipinski definition) is 5. The van der Waals surface area contributed by atoms with E-state index in [1.807, 2.05) is 13.8 Å². The number of ether oxygens (including phenoxy) is 1.